The number of hydrogen-bond donors (Lipinski definition) is 1. The van der Waals surface area contributed by atoms with Gasteiger partial charge in [0, 0.05) is 17.5 Å². The van der Waals surface area contributed by atoms with Gasteiger partial charge >= 0.3 is 0 Å². The Morgan fingerprint density at radius 2 is 2.22 bits per heavy atom. The second-order valence-corrected chi connectivity index (χ2v) is 5.10. The quantitative estimate of drug-likeness (QED) is 0.897. The van der Waals surface area contributed by atoms with Crippen LogP contribution in [0.5, 0.6) is 0 Å². The highest BCUT2D eigenvalue weighted by Crippen LogP contribution is 2.37. The van der Waals surface area contributed by atoms with E-state index < -0.39 is 0 Å². The summed E-state index contributed by atoms with van der Waals surface area (Å²) >= 11 is 0. The predicted molar refractivity (Wildman–Crippen MR) is 71.0 cm³/mol. The third kappa shape index (κ3) is 2.04. The molecule has 2 aromatic heterocycles. The standard InChI is InChI=1S/C14H18N4/c1-10-3-2-4-14(17-10)12-8-16-18(9-12)13-5-11(6-13)7-15/h2-4,8-9,11,13H,5-7,15H2,1H3. The number of nitrogens with two attached hydrogens (primary N) is 1. The van der Waals surface area contributed by atoms with Gasteiger partial charge in [-0.15, -0.1) is 0 Å². The highest BCUT2D eigenvalue weighted by molar-refractivity contribution is 5.56. The van der Waals surface area contributed by atoms with Crippen molar-refractivity contribution in [2.24, 2.45) is 11.7 Å². The lowest BCUT2D eigenvalue weighted by atomic mass is 9.80. The third-order valence-corrected chi connectivity index (χ3v) is 3.70. The first kappa shape index (κ1) is 11.4. The van der Waals surface area contributed by atoms with Crippen molar-refractivity contribution in [3.63, 3.8) is 0 Å². The van der Waals surface area contributed by atoms with Crippen molar-refractivity contribution in [2.75, 3.05) is 6.54 Å². The van der Waals surface area contributed by atoms with Crippen LogP contribution in [0.15, 0.2) is 30.6 Å². The van der Waals surface area contributed by atoms with Crippen LogP contribution in [-0.4, -0.2) is 21.3 Å². The second kappa shape index (κ2) is 4.53. The van der Waals surface area contributed by atoms with Crippen molar-refractivity contribution in [3.8, 4) is 11.3 Å². The zero-order valence-corrected chi connectivity index (χ0v) is 10.6. The molecule has 94 valence electrons. The van der Waals surface area contributed by atoms with E-state index in [1.54, 1.807) is 0 Å². The fourth-order valence-electron chi connectivity index (χ4n) is 2.48. The first-order valence-corrected chi connectivity index (χ1v) is 6.44. The van der Waals surface area contributed by atoms with E-state index in [2.05, 4.69) is 21.0 Å². The van der Waals surface area contributed by atoms with Gasteiger partial charge in [-0.25, -0.2) is 0 Å². The summed E-state index contributed by atoms with van der Waals surface area (Å²) in [5, 5.41) is 4.45. The highest BCUT2D eigenvalue weighted by atomic mass is 15.3. The monoisotopic (exact) mass is 242 g/mol. The molecule has 2 heterocycles. The predicted octanol–water partition coefficient (Wildman–Crippen LogP) is 2.16. The van der Waals surface area contributed by atoms with Crippen LogP contribution in [-0.2, 0) is 0 Å². The summed E-state index contributed by atoms with van der Waals surface area (Å²) in [6, 6.07) is 6.59. The Morgan fingerprint density at radius 1 is 1.39 bits per heavy atom. The van der Waals surface area contributed by atoms with Gasteiger partial charge in [0.15, 0.2) is 0 Å². The number of hydrogen-bond acceptors (Lipinski definition) is 3. The van der Waals surface area contributed by atoms with Gasteiger partial charge in [-0.3, -0.25) is 9.67 Å². The molecular weight excluding hydrogens is 224 g/mol. The topological polar surface area (TPSA) is 56.7 Å². The van der Waals surface area contributed by atoms with Crippen LogP contribution in [0.2, 0.25) is 0 Å². The van der Waals surface area contributed by atoms with Crippen LogP contribution in [0.4, 0.5) is 0 Å². The van der Waals surface area contributed by atoms with E-state index >= 15 is 0 Å². The van der Waals surface area contributed by atoms with Crippen molar-refractivity contribution in [1.29, 1.82) is 0 Å². The van der Waals surface area contributed by atoms with E-state index in [-0.39, 0.29) is 0 Å². The molecule has 1 aliphatic rings. The molecule has 3 rings (SSSR count). The molecule has 0 unspecified atom stereocenters. The van der Waals surface area contributed by atoms with Gasteiger partial charge in [-0.2, -0.15) is 5.10 Å². The Bertz CT molecular complexity index is 540. The molecule has 2 aromatic rings. The molecule has 0 bridgehead atoms. The molecule has 1 fully saturated rings. The Balaban J connectivity index is 1.78. The molecule has 0 radical (unpaired) electrons. The van der Waals surface area contributed by atoms with Crippen LogP contribution < -0.4 is 5.73 Å². The second-order valence-electron chi connectivity index (χ2n) is 5.10. The van der Waals surface area contributed by atoms with Crippen molar-refractivity contribution >= 4 is 0 Å². The van der Waals surface area contributed by atoms with E-state index in [1.807, 2.05) is 31.3 Å². The normalized spacial score (nSPS) is 22.8. The SMILES string of the molecule is Cc1cccc(-c2cnn(C3CC(CN)C3)c2)n1. The molecule has 4 nitrogen and oxygen atoms in total. The first-order chi connectivity index (χ1) is 8.76. The molecule has 0 atom stereocenters. The average molecular weight is 242 g/mol. The minimum Gasteiger partial charge on any atom is -0.330 e. The maximum atomic E-state index is 5.65. The lowest BCUT2D eigenvalue weighted by molar-refractivity contribution is 0.190. The van der Waals surface area contributed by atoms with Crippen LogP contribution in [0.1, 0.15) is 24.6 Å². The minimum absolute atomic E-state index is 0.525. The van der Waals surface area contributed by atoms with Crippen LogP contribution >= 0.6 is 0 Å². The largest absolute Gasteiger partial charge is 0.330 e. The summed E-state index contributed by atoms with van der Waals surface area (Å²) in [6.45, 7) is 2.80. The lowest BCUT2D eigenvalue weighted by Gasteiger charge is -2.34. The smallest absolute Gasteiger partial charge is 0.0736 e. The Kier molecular flexibility index (Phi) is 2.88. The average Bonchev–Trinajstić information content (AvgIpc) is 2.77. The molecule has 0 aliphatic heterocycles. The Morgan fingerprint density at radius 3 is 2.94 bits per heavy atom. The van der Waals surface area contributed by atoms with Gasteiger partial charge in [0.05, 0.1) is 17.9 Å². The first-order valence-electron chi connectivity index (χ1n) is 6.44. The molecule has 2 N–H and O–H groups in total. The summed E-state index contributed by atoms with van der Waals surface area (Å²) in [7, 11) is 0. The zero-order chi connectivity index (χ0) is 12.5. The molecular formula is C14H18N4. The van der Waals surface area contributed by atoms with E-state index in [0.717, 1.165) is 36.3 Å². The number of aryl methyl sites for hydroxylation is 1. The molecule has 0 saturated heterocycles. The van der Waals surface area contributed by atoms with Crippen LogP contribution in [0.3, 0.4) is 0 Å². The summed E-state index contributed by atoms with van der Waals surface area (Å²) in [5.74, 6) is 0.680. The van der Waals surface area contributed by atoms with Crippen molar-refractivity contribution < 1.29 is 0 Å². The molecule has 0 aromatic carbocycles. The maximum absolute atomic E-state index is 5.65. The summed E-state index contributed by atoms with van der Waals surface area (Å²) < 4.78 is 2.06. The van der Waals surface area contributed by atoms with Crippen molar-refractivity contribution in [1.82, 2.24) is 14.8 Å². The van der Waals surface area contributed by atoms with E-state index in [0.29, 0.717) is 12.0 Å². The van der Waals surface area contributed by atoms with Gasteiger partial charge in [0.1, 0.15) is 0 Å². The third-order valence-electron chi connectivity index (χ3n) is 3.70. The lowest BCUT2D eigenvalue weighted by Crippen LogP contribution is -2.32. The fourth-order valence-corrected chi connectivity index (χ4v) is 2.48. The fraction of sp³-hybridized carbons (Fsp3) is 0.429. The molecule has 18 heavy (non-hydrogen) atoms. The molecule has 1 saturated carbocycles. The van der Waals surface area contributed by atoms with Crippen LogP contribution in [0.25, 0.3) is 11.3 Å². The van der Waals surface area contributed by atoms with E-state index in [1.165, 1.54) is 0 Å². The summed E-state index contributed by atoms with van der Waals surface area (Å²) in [5.41, 5.74) is 8.77. The van der Waals surface area contributed by atoms with E-state index in [9.17, 15) is 0 Å². The Hall–Kier alpha value is -1.68. The number of nitrogens with zero attached hydrogens (tertiary/aromatic N) is 3. The molecule has 4 heteroatoms. The molecule has 0 spiro atoms. The Labute approximate surface area is 107 Å². The van der Waals surface area contributed by atoms with E-state index in [4.69, 9.17) is 5.73 Å². The van der Waals surface area contributed by atoms with Gasteiger partial charge in [-0.1, -0.05) is 6.07 Å². The minimum atomic E-state index is 0.525. The van der Waals surface area contributed by atoms with Crippen molar-refractivity contribution in [3.05, 3.63) is 36.3 Å². The summed E-state index contributed by atoms with van der Waals surface area (Å²) in [6.07, 6.45) is 6.30. The van der Waals surface area contributed by atoms with Gasteiger partial charge in [0.25, 0.3) is 0 Å². The van der Waals surface area contributed by atoms with Gasteiger partial charge in [-0.05, 0) is 44.4 Å². The number of pyridine rings is 1. The highest BCUT2D eigenvalue weighted by Gasteiger charge is 2.29. The van der Waals surface area contributed by atoms with Crippen molar-refractivity contribution in [2.45, 2.75) is 25.8 Å². The van der Waals surface area contributed by atoms with Crippen LogP contribution in [0, 0.1) is 12.8 Å². The maximum Gasteiger partial charge on any atom is 0.0736 e. The number of rotatable bonds is 3. The molecule has 0 amide bonds. The molecule has 1 aliphatic carbocycles. The van der Waals surface area contributed by atoms with Gasteiger partial charge < -0.3 is 5.73 Å². The summed E-state index contributed by atoms with van der Waals surface area (Å²) in [4.78, 5) is 4.52. The van der Waals surface area contributed by atoms with Gasteiger partial charge in [0.2, 0.25) is 0 Å². The zero-order valence-electron chi connectivity index (χ0n) is 10.6. The number of aromatic nitrogens is 3.